The molecule has 7 nitrogen and oxygen atoms in total. The van der Waals surface area contributed by atoms with Crippen molar-refractivity contribution in [1.29, 1.82) is 0 Å². The van der Waals surface area contributed by atoms with Gasteiger partial charge in [-0.1, -0.05) is 29.3 Å². The number of nitrogens with one attached hydrogen (secondary N) is 2. The van der Waals surface area contributed by atoms with Crippen LogP contribution in [0.3, 0.4) is 0 Å². The molecule has 0 spiro atoms. The van der Waals surface area contributed by atoms with Crippen LogP contribution in [0.4, 0.5) is 4.39 Å². The zero-order valence-corrected chi connectivity index (χ0v) is 20.3. The van der Waals surface area contributed by atoms with E-state index in [1.54, 1.807) is 35.3 Å². The largest absolute Gasteiger partial charge is 0.490 e. The highest BCUT2D eigenvalue weighted by atomic mass is 35.5. The lowest BCUT2D eigenvalue weighted by atomic mass is 10.2. The summed E-state index contributed by atoms with van der Waals surface area (Å²) in [7, 11) is 0. The van der Waals surface area contributed by atoms with Gasteiger partial charge in [-0.3, -0.25) is 4.98 Å². The van der Waals surface area contributed by atoms with Gasteiger partial charge in [-0.25, -0.2) is 14.2 Å². The van der Waals surface area contributed by atoms with Crippen LogP contribution < -0.4 is 14.9 Å². The molecule has 0 aliphatic heterocycles. The molecule has 34 heavy (non-hydrogen) atoms. The molecule has 11 heteroatoms. The zero-order valence-electron chi connectivity index (χ0n) is 18.0. The fraction of sp³-hybridized carbons (Fsp3) is 0.174. The maximum Gasteiger partial charge on any atom is 0.214 e. The number of hydrogen-bond acceptors (Lipinski definition) is 6. The molecule has 0 bridgehead atoms. The Labute approximate surface area is 210 Å². The number of H-pyrrole nitrogens is 1. The maximum atomic E-state index is 14.1. The van der Waals surface area contributed by atoms with E-state index in [2.05, 4.69) is 20.6 Å². The standard InChI is InChI=1S/C23H20Cl2FN5O2S/c1-2-32-20-10-15(12-28-31-22(29-30-23(31)34)14-6-8-27-9-7-14)18(25)11-21(20)33-13-16-17(24)4-3-5-19(16)26/h3-11,28H,2,12-13H2,1H3,(H,30,34). The van der Waals surface area contributed by atoms with Crippen molar-refractivity contribution in [1.82, 2.24) is 19.9 Å². The van der Waals surface area contributed by atoms with Crippen molar-refractivity contribution in [3.05, 3.63) is 86.6 Å². The lowest BCUT2D eigenvalue weighted by Gasteiger charge is -2.17. The van der Waals surface area contributed by atoms with Gasteiger partial charge >= 0.3 is 0 Å². The summed E-state index contributed by atoms with van der Waals surface area (Å²) in [4.78, 5) is 4.03. The predicted octanol–water partition coefficient (Wildman–Crippen LogP) is 6.17. The monoisotopic (exact) mass is 519 g/mol. The third kappa shape index (κ3) is 5.32. The van der Waals surface area contributed by atoms with E-state index in [1.165, 1.54) is 12.1 Å². The van der Waals surface area contributed by atoms with E-state index in [-0.39, 0.29) is 17.2 Å². The minimum absolute atomic E-state index is 0.0705. The highest BCUT2D eigenvalue weighted by molar-refractivity contribution is 7.71. The Kier molecular flexibility index (Phi) is 7.66. The number of aromatic amines is 1. The van der Waals surface area contributed by atoms with Crippen LogP contribution in [-0.4, -0.2) is 26.5 Å². The third-order valence-corrected chi connectivity index (χ3v) is 5.86. The van der Waals surface area contributed by atoms with Crippen LogP contribution in [0.25, 0.3) is 11.4 Å². The molecule has 2 N–H and O–H groups in total. The number of pyridine rings is 1. The molecule has 2 aromatic carbocycles. The molecule has 4 rings (SSSR count). The second-order valence-electron chi connectivity index (χ2n) is 7.07. The van der Waals surface area contributed by atoms with Crippen molar-refractivity contribution in [2.75, 3.05) is 12.0 Å². The molecule has 4 aromatic rings. The van der Waals surface area contributed by atoms with E-state index in [1.807, 2.05) is 19.1 Å². The molecule has 0 aliphatic carbocycles. The van der Waals surface area contributed by atoms with Crippen molar-refractivity contribution in [2.45, 2.75) is 20.1 Å². The highest BCUT2D eigenvalue weighted by Gasteiger charge is 2.15. The normalized spacial score (nSPS) is 10.8. The SMILES string of the molecule is CCOc1cc(CNn2c(-c3ccncc3)n[nH]c2=S)c(Cl)cc1OCc1c(F)cccc1Cl. The van der Waals surface area contributed by atoms with E-state index < -0.39 is 5.82 Å². The van der Waals surface area contributed by atoms with Crippen LogP contribution in [-0.2, 0) is 13.2 Å². The fourth-order valence-electron chi connectivity index (χ4n) is 3.22. The van der Waals surface area contributed by atoms with Crippen molar-refractivity contribution in [3.63, 3.8) is 0 Å². The topological polar surface area (TPSA) is 77.0 Å². The van der Waals surface area contributed by atoms with Gasteiger partial charge in [0.25, 0.3) is 0 Å². The van der Waals surface area contributed by atoms with Gasteiger partial charge in [-0.05, 0) is 55.0 Å². The minimum Gasteiger partial charge on any atom is -0.490 e. The number of rotatable bonds is 9. The first-order chi connectivity index (χ1) is 16.5. The van der Waals surface area contributed by atoms with Crippen molar-refractivity contribution in [2.24, 2.45) is 0 Å². The third-order valence-electron chi connectivity index (χ3n) is 4.88. The predicted molar refractivity (Wildman–Crippen MR) is 132 cm³/mol. The van der Waals surface area contributed by atoms with Crippen LogP contribution in [0.2, 0.25) is 10.0 Å². The van der Waals surface area contributed by atoms with E-state index in [4.69, 9.17) is 44.9 Å². The molecular weight excluding hydrogens is 500 g/mol. The fourth-order valence-corrected chi connectivity index (χ4v) is 3.85. The molecule has 0 saturated carbocycles. The summed E-state index contributed by atoms with van der Waals surface area (Å²) in [6.07, 6.45) is 3.35. The Morgan fingerprint density at radius 2 is 1.85 bits per heavy atom. The number of benzene rings is 2. The van der Waals surface area contributed by atoms with Crippen LogP contribution in [0.15, 0.2) is 54.9 Å². The average Bonchev–Trinajstić information content (AvgIpc) is 3.20. The molecule has 0 amide bonds. The van der Waals surface area contributed by atoms with Gasteiger partial charge < -0.3 is 14.9 Å². The summed E-state index contributed by atoms with van der Waals surface area (Å²) in [6.45, 7) is 2.52. The molecule has 0 fully saturated rings. The van der Waals surface area contributed by atoms with Crippen molar-refractivity contribution < 1.29 is 13.9 Å². The van der Waals surface area contributed by atoms with Crippen LogP contribution in [0.5, 0.6) is 11.5 Å². The Bertz CT molecular complexity index is 1330. The molecule has 2 aromatic heterocycles. The Morgan fingerprint density at radius 3 is 2.59 bits per heavy atom. The Hall–Kier alpha value is -3.14. The van der Waals surface area contributed by atoms with Gasteiger partial charge in [0, 0.05) is 34.6 Å². The summed E-state index contributed by atoms with van der Waals surface area (Å²) >= 11 is 18.0. The Balaban J connectivity index is 1.56. The van der Waals surface area contributed by atoms with Crippen molar-refractivity contribution >= 4 is 35.4 Å². The summed E-state index contributed by atoms with van der Waals surface area (Å²) in [5, 5.41) is 7.79. The zero-order chi connectivity index (χ0) is 24.1. The average molecular weight is 520 g/mol. The first kappa shape index (κ1) is 24.0. The van der Waals surface area contributed by atoms with E-state index in [0.29, 0.717) is 40.3 Å². The number of aromatic nitrogens is 4. The smallest absolute Gasteiger partial charge is 0.214 e. The van der Waals surface area contributed by atoms with Crippen LogP contribution in [0, 0.1) is 10.6 Å². The number of hydrogen-bond donors (Lipinski definition) is 2. The van der Waals surface area contributed by atoms with Gasteiger partial charge in [0.1, 0.15) is 12.4 Å². The summed E-state index contributed by atoms with van der Waals surface area (Å²) < 4.78 is 27.7. The number of ether oxygens (including phenoxy) is 2. The molecule has 0 unspecified atom stereocenters. The van der Waals surface area contributed by atoms with E-state index in [9.17, 15) is 4.39 Å². The Morgan fingerprint density at radius 1 is 1.09 bits per heavy atom. The highest BCUT2D eigenvalue weighted by Crippen LogP contribution is 2.35. The summed E-state index contributed by atoms with van der Waals surface area (Å²) in [5.74, 6) is 1.02. The van der Waals surface area contributed by atoms with Crippen molar-refractivity contribution in [3.8, 4) is 22.9 Å². The van der Waals surface area contributed by atoms with E-state index in [0.717, 1.165) is 11.1 Å². The van der Waals surface area contributed by atoms with Gasteiger partial charge in [-0.2, -0.15) is 5.10 Å². The molecule has 0 aliphatic rings. The lowest BCUT2D eigenvalue weighted by Crippen LogP contribution is -2.16. The lowest BCUT2D eigenvalue weighted by molar-refractivity contribution is 0.265. The molecule has 0 saturated heterocycles. The number of halogens is 3. The minimum atomic E-state index is -0.445. The van der Waals surface area contributed by atoms with E-state index >= 15 is 0 Å². The van der Waals surface area contributed by atoms with Gasteiger partial charge in [0.2, 0.25) is 4.77 Å². The second-order valence-corrected chi connectivity index (χ2v) is 8.27. The van der Waals surface area contributed by atoms with Crippen LogP contribution >= 0.6 is 35.4 Å². The van der Waals surface area contributed by atoms with Gasteiger partial charge in [0.05, 0.1) is 18.2 Å². The number of nitrogens with zero attached hydrogens (tertiary/aromatic N) is 3. The first-order valence-electron chi connectivity index (χ1n) is 10.3. The second kappa shape index (κ2) is 10.9. The molecular formula is C23H20Cl2FN5O2S. The molecule has 2 heterocycles. The molecule has 0 radical (unpaired) electrons. The first-order valence-corrected chi connectivity index (χ1v) is 11.5. The maximum absolute atomic E-state index is 14.1. The summed E-state index contributed by atoms with van der Waals surface area (Å²) in [6, 6.07) is 11.5. The summed E-state index contributed by atoms with van der Waals surface area (Å²) in [5.41, 5.74) is 5.07. The van der Waals surface area contributed by atoms with Crippen LogP contribution in [0.1, 0.15) is 18.1 Å². The molecule has 0 atom stereocenters. The molecule has 176 valence electrons. The van der Waals surface area contributed by atoms with Gasteiger partial charge in [0.15, 0.2) is 17.3 Å². The van der Waals surface area contributed by atoms with Gasteiger partial charge in [-0.15, -0.1) is 0 Å². The quantitative estimate of drug-likeness (QED) is 0.257.